The van der Waals surface area contributed by atoms with Crippen LogP contribution in [0, 0.1) is 25.6 Å². The Hall–Kier alpha value is -3.26. The third-order valence-corrected chi connectivity index (χ3v) is 10.9. The number of pyridine rings is 1. The number of halogens is 1. The highest BCUT2D eigenvalue weighted by atomic mass is 32.2. The van der Waals surface area contributed by atoms with Gasteiger partial charge >= 0.3 is 0 Å². The zero-order valence-corrected chi connectivity index (χ0v) is 24.2. The van der Waals surface area contributed by atoms with Gasteiger partial charge in [-0.3, -0.25) is 4.98 Å². The molecule has 6 rings (SSSR count). The molecule has 41 heavy (non-hydrogen) atoms. The Morgan fingerprint density at radius 1 is 1.00 bits per heavy atom. The van der Waals surface area contributed by atoms with E-state index in [1.165, 1.54) is 23.5 Å². The third kappa shape index (κ3) is 5.51. The third-order valence-electron chi connectivity index (χ3n) is 7.96. The molecule has 13 heteroatoms. The van der Waals surface area contributed by atoms with Crippen LogP contribution in [-0.4, -0.2) is 68.6 Å². The number of nitrogens with one attached hydrogen (secondary N) is 2. The molecular formula is C28H31FN6O4S2. The number of aliphatic hydroxyl groups excluding tert-OH is 2. The van der Waals surface area contributed by atoms with Crippen LogP contribution in [0.5, 0.6) is 0 Å². The van der Waals surface area contributed by atoms with Crippen molar-refractivity contribution >= 4 is 43.2 Å². The molecule has 10 nitrogen and oxygen atoms in total. The second kappa shape index (κ2) is 10.9. The van der Waals surface area contributed by atoms with Gasteiger partial charge in [0.2, 0.25) is 5.95 Å². The minimum absolute atomic E-state index is 0.0296. The lowest BCUT2D eigenvalue weighted by atomic mass is 9.93. The Balaban J connectivity index is 1.31. The van der Waals surface area contributed by atoms with Gasteiger partial charge in [0.15, 0.2) is 9.84 Å². The summed E-state index contributed by atoms with van der Waals surface area (Å²) in [6.07, 6.45) is 2.62. The molecule has 0 spiro atoms. The molecule has 2 aliphatic carbocycles. The molecule has 216 valence electrons. The van der Waals surface area contributed by atoms with Gasteiger partial charge in [-0.1, -0.05) is 0 Å². The molecule has 2 saturated carbocycles. The standard InChI is InChI=1S/C28H31FN6O4S2/c1-14-22(27-34-23-15(2)30-11-10-21(23)40-27)26(35-28(31-14)32-18-4-3-5-18)33-20-12-16(24(36)25(20)37)13-41(38,39)19-8-6-17(29)7-9-19/h6-11,16,18,20,24-25,36-37H,3-5,12-13H2,1-2H3,(H2,31,32,33,35)/t16-,20-,24-,25+/m1/s1. The van der Waals surface area contributed by atoms with E-state index in [4.69, 9.17) is 15.0 Å². The van der Waals surface area contributed by atoms with Gasteiger partial charge in [0.05, 0.1) is 44.4 Å². The van der Waals surface area contributed by atoms with Gasteiger partial charge in [-0.25, -0.2) is 22.8 Å². The number of nitrogens with zero attached hydrogens (tertiary/aromatic N) is 4. The fraction of sp³-hybridized carbons (Fsp3) is 0.429. The number of hydrogen-bond donors (Lipinski definition) is 4. The smallest absolute Gasteiger partial charge is 0.225 e. The highest BCUT2D eigenvalue weighted by Gasteiger charge is 2.44. The topological polar surface area (TPSA) is 150 Å². The predicted molar refractivity (Wildman–Crippen MR) is 155 cm³/mol. The van der Waals surface area contributed by atoms with Crippen molar-refractivity contribution in [1.29, 1.82) is 0 Å². The average molecular weight is 599 g/mol. The molecular weight excluding hydrogens is 567 g/mol. The number of fused-ring (bicyclic) bond motifs is 1. The van der Waals surface area contributed by atoms with Crippen LogP contribution in [0.3, 0.4) is 0 Å². The Bertz CT molecular complexity index is 1690. The zero-order chi connectivity index (χ0) is 28.9. The average Bonchev–Trinajstić information content (AvgIpc) is 3.44. The van der Waals surface area contributed by atoms with Crippen molar-refractivity contribution in [1.82, 2.24) is 19.9 Å². The zero-order valence-electron chi connectivity index (χ0n) is 22.6. The van der Waals surface area contributed by atoms with E-state index >= 15 is 0 Å². The summed E-state index contributed by atoms with van der Waals surface area (Å²) in [7, 11) is -3.82. The second-order valence-corrected chi connectivity index (χ2v) is 13.9. The lowest BCUT2D eigenvalue weighted by molar-refractivity contribution is 0.0216. The van der Waals surface area contributed by atoms with Gasteiger partial charge < -0.3 is 20.8 Å². The van der Waals surface area contributed by atoms with Crippen LogP contribution in [-0.2, 0) is 9.84 Å². The van der Waals surface area contributed by atoms with Gasteiger partial charge in [-0.05, 0) is 69.9 Å². The Morgan fingerprint density at radius 3 is 2.44 bits per heavy atom. The number of aryl methyl sites for hydroxylation is 2. The van der Waals surface area contributed by atoms with Crippen LogP contribution in [0.4, 0.5) is 16.2 Å². The molecule has 4 N–H and O–H groups in total. The number of thiazole rings is 1. The number of aliphatic hydroxyl groups is 2. The van der Waals surface area contributed by atoms with Gasteiger partial charge in [0.25, 0.3) is 0 Å². The van der Waals surface area contributed by atoms with Crippen molar-refractivity contribution in [3.63, 3.8) is 0 Å². The van der Waals surface area contributed by atoms with Gasteiger partial charge in [-0.2, -0.15) is 4.98 Å². The molecule has 0 unspecified atom stereocenters. The number of hydrogen-bond acceptors (Lipinski definition) is 11. The molecule has 0 bridgehead atoms. The number of anilines is 2. The van der Waals surface area contributed by atoms with E-state index < -0.39 is 39.8 Å². The number of sulfone groups is 1. The van der Waals surface area contributed by atoms with E-state index in [-0.39, 0.29) is 17.1 Å². The first-order valence-corrected chi connectivity index (χ1v) is 16.0. The summed E-state index contributed by atoms with van der Waals surface area (Å²) in [6.45, 7) is 3.78. The number of rotatable bonds is 8. The predicted octanol–water partition coefficient (Wildman–Crippen LogP) is 3.86. The number of aromatic nitrogens is 4. The molecule has 4 atom stereocenters. The minimum Gasteiger partial charge on any atom is -0.390 e. The summed E-state index contributed by atoms with van der Waals surface area (Å²) in [4.78, 5) is 18.6. The highest BCUT2D eigenvalue weighted by molar-refractivity contribution is 7.91. The molecule has 0 amide bonds. The van der Waals surface area contributed by atoms with Crippen LogP contribution in [0.1, 0.15) is 37.1 Å². The van der Waals surface area contributed by atoms with Crippen molar-refractivity contribution < 1.29 is 23.0 Å². The van der Waals surface area contributed by atoms with Crippen LogP contribution in [0.2, 0.25) is 0 Å². The van der Waals surface area contributed by atoms with Gasteiger partial charge in [0, 0.05) is 18.2 Å². The second-order valence-electron chi connectivity index (χ2n) is 10.9. The van der Waals surface area contributed by atoms with Gasteiger partial charge in [0.1, 0.15) is 28.3 Å². The Kier molecular flexibility index (Phi) is 7.39. The van der Waals surface area contributed by atoms with Crippen LogP contribution in [0.25, 0.3) is 20.8 Å². The summed E-state index contributed by atoms with van der Waals surface area (Å²) in [5.41, 5.74) is 2.96. The molecule has 0 aliphatic heterocycles. The minimum atomic E-state index is -3.82. The Morgan fingerprint density at radius 2 is 1.76 bits per heavy atom. The van der Waals surface area contributed by atoms with Crippen molar-refractivity contribution in [2.24, 2.45) is 5.92 Å². The van der Waals surface area contributed by atoms with Crippen LogP contribution >= 0.6 is 11.3 Å². The lowest BCUT2D eigenvalue weighted by Gasteiger charge is -2.27. The van der Waals surface area contributed by atoms with E-state index in [0.29, 0.717) is 34.1 Å². The summed E-state index contributed by atoms with van der Waals surface area (Å²) < 4.78 is 40.3. The van der Waals surface area contributed by atoms with E-state index in [1.807, 2.05) is 19.9 Å². The molecule has 2 aliphatic rings. The first-order valence-electron chi connectivity index (χ1n) is 13.6. The van der Waals surface area contributed by atoms with Gasteiger partial charge in [-0.15, -0.1) is 11.3 Å². The first kappa shape index (κ1) is 27.9. The maximum absolute atomic E-state index is 13.3. The number of benzene rings is 1. The highest BCUT2D eigenvalue weighted by Crippen LogP contribution is 2.39. The van der Waals surface area contributed by atoms with Crippen molar-refractivity contribution in [3.05, 3.63) is 53.7 Å². The van der Waals surface area contributed by atoms with E-state index in [0.717, 1.165) is 47.3 Å². The van der Waals surface area contributed by atoms with E-state index in [9.17, 15) is 23.0 Å². The molecule has 2 fully saturated rings. The fourth-order valence-electron chi connectivity index (χ4n) is 5.45. The van der Waals surface area contributed by atoms with Crippen LogP contribution in [0.15, 0.2) is 41.4 Å². The maximum Gasteiger partial charge on any atom is 0.225 e. The van der Waals surface area contributed by atoms with Crippen molar-refractivity contribution in [2.45, 2.75) is 68.7 Å². The normalized spacial score (nSPS) is 23.0. The summed E-state index contributed by atoms with van der Waals surface area (Å²) in [5.74, 6) is -0.759. The van der Waals surface area contributed by atoms with Crippen molar-refractivity contribution in [3.8, 4) is 10.6 Å². The summed E-state index contributed by atoms with van der Waals surface area (Å²) in [5, 5.41) is 29.2. The SMILES string of the molecule is Cc1nc(NC2CCC2)nc(N[C@@H]2C[C@H](CS(=O)(=O)c3ccc(F)cc3)[C@@H](O)[C@H]2O)c1-c1nc2c(C)nccc2s1. The summed E-state index contributed by atoms with van der Waals surface area (Å²) in [6, 6.07) is 6.11. The summed E-state index contributed by atoms with van der Waals surface area (Å²) >= 11 is 1.49. The largest absolute Gasteiger partial charge is 0.390 e. The Labute approximate surface area is 241 Å². The maximum atomic E-state index is 13.3. The lowest BCUT2D eigenvalue weighted by Crippen LogP contribution is -2.36. The monoisotopic (exact) mass is 598 g/mol. The molecule has 4 aromatic rings. The van der Waals surface area contributed by atoms with E-state index in [1.54, 1.807) is 6.20 Å². The fourth-order valence-corrected chi connectivity index (χ4v) is 8.20. The molecule has 0 radical (unpaired) electrons. The molecule has 1 aromatic carbocycles. The van der Waals surface area contributed by atoms with Crippen molar-refractivity contribution in [2.75, 3.05) is 16.4 Å². The molecule has 3 heterocycles. The first-order chi connectivity index (χ1) is 19.6. The quantitative estimate of drug-likeness (QED) is 0.220. The van der Waals surface area contributed by atoms with E-state index in [2.05, 4.69) is 15.6 Å². The molecule has 3 aromatic heterocycles. The molecule has 0 saturated heterocycles. The van der Waals surface area contributed by atoms with Crippen LogP contribution < -0.4 is 10.6 Å².